The van der Waals surface area contributed by atoms with Gasteiger partial charge in [0.15, 0.2) is 0 Å². The van der Waals surface area contributed by atoms with Crippen molar-refractivity contribution in [2.45, 2.75) is 17.3 Å². The number of hydrogen-bond donors (Lipinski definition) is 1. The first-order valence-corrected chi connectivity index (χ1v) is 4.25. The first-order chi connectivity index (χ1) is 5.88. The van der Waals surface area contributed by atoms with Gasteiger partial charge >= 0.3 is 5.51 Å². The van der Waals surface area contributed by atoms with E-state index in [0.29, 0.717) is 0 Å². The zero-order valence-corrected chi connectivity index (χ0v) is 7.54. The molecule has 0 fully saturated rings. The molecule has 0 bridgehead atoms. The quantitative estimate of drug-likeness (QED) is 0.714. The summed E-state index contributed by atoms with van der Waals surface area (Å²) in [6.45, 7) is 1.70. The van der Waals surface area contributed by atoms with Crippen LogP contribution in [0.3, 0.4) is 0 Å². The number of phenolic OH excluding ortho intramolecular Hbond substituents is 1. The van der Waals surface area contributed by atoms with Crippen molar-refractivity contribution in [1.82, 2.24) is 0 Å². The second kappa shape index (κ2) is 3.49. The van der Waals surface area contributed by atoms with Gasteiger partial charge < -0.3 is 5.11 Å². The van der Waals surface area contributed by atoms with Crippen LogP contribution in [0.2, 0.25) is 0 Å². The zero-order chi connectivity index (χ0) is 10.1. The standard InChI is InChI=1S/C8H7F3OS/c1-5-2-3-7(6(12)4-5)13-8(9,10)11/h2-4,12H,1H3. The predicted molar refractivity (Wildman–Crippen MR) is 44.8 cm³/mol. The molecule has 0 aliphatic rings. The number of halogens is 3. The molecule has 5 heteroatoms. The van der Waals surface area contributed by atoms with Crippen molar-refractivity contribution < 1.29 is 18.3 Å². The smallest absolute Gasteiger partial charge is 0.446 e. The van der Waals surface area contributed by atoms with Gasteiger partial charge in [0.2, 0.25) is 0 Å². The van der Waals surface area contributed by atoms with Gasteiger partial charge in [-0.1, -0.05) is 6.07 Å². The van der Waals surface area contributed by atoms with Crippen molar-refractivity contribution in [2.75, 3.05) is 0 Å². The lowest BCUT2D eigenvalue weighted by atomic mass is 10.2. The summed E-state index contributed by atoms with van der Waals surface area (Å²) in [7, 11) is 0. The fourth-order valence-corrected chi connectivity index (χ4v) is 1.39. The number of benzene rings is 1. The fraction of sp³-hybridized carbons (Fsp3) is 0.250. The Kier molecular flexibility index (Phi) is 2.75. The van der Waals surface area contributed by atoms with Crippen LogP contribution in [0.4, 0.5) is 13.2 Å². The molecule has 13 heavy (non-hydrogen) atoms. The SMILES string of the molecule is Cc1ccc(SC(F)(F)F)c(O)c1. The van der Waals surface area contributed by atoms with Gasteiger partial charge in [0.1, 0.15) is 5.75 Å². The molecule has 0 radical (unpaired) electrons. The molecule has 0 aromatic heterocycles. The van der Waals surface area contributed by atoms with E-state index in [-0.39, 0.29) is 22.4 Å². The zero-order valence-electron chi connectivity index (χ0n) is 6.72. The normalized spacial score (nSPS) is 11.7. The molecule has 0 atom stereocenters. The number of thioether (sulfide) groups is 1. The summed E-state index contributed by atoms with van der Waals surface area (Å²) in [6, 6.07) is 4.07. The van der Waals surface area contributed by atoms with E-state index in [4.69, 9.17) is 5.11 Å². The molecule has 0 aliphatic heterocycles. The second-order valence-electron chi connectivity index (χ2n) is 2.52. The Balaban J connectivity index is 2.90. The van der Waals surface area contributed by atoms with Crippen LogP contribution < -0.4 is 0 Å². The molecular formula is C8H7F3OS. The van der Waals surface area contributed by atoms with E-state index in [9.17, 15) is 13.2 Å². The van der Waals surface area contributed by atoms with E-state index in [1.165, 1.54) is 18.2 Å². The number of rotatable bonds is 1. The highest BCUT2D eigenvalue weighted by Gasteiger charge is 2.30. The van der Waals surface area contributed by atoms with Crippen molar-refractivity contribution in [1.29, 1.82) is 0 Å². The van der Waals surface area contributed by atoms with Crippen LogP contribution in [0.5, 0.6) is 5.75 Å². The number of aromatic hydroxyl groups is 1. The number of aryl methyl sites for hydroxylation is 1. The maximum atomic E-state index is 11.9. The van der Waals surface area contributed by atoms with Gasteiger partial charge in [0.25, 0.3) is 0 Å². The van der Waals surface area contributed by atoms with Crippen LogP contribution in [0, 0.1) is 6.92 Å². The van der Waals surface area contributed by atoms with Gasteiger partial charge in [-0.3, -0.25) is 0 Å². The molecule has 1 aromatic carbocycles. The van der Waals surface area contributed by atoms with E-state index >= 15 is 0 Å². The average molecular weight is 208 g/mol. The Morgan fingerprint density at radius 1 is 1.31 bits per heavy atom. The second-order valence-corrected chi connectivity index (χ2v) is 3.63. The summed E-state index contributed by atoms with van der Waals surface area (Å²) in [4.78, 5) is -0.168. The van der Waals surface area contributed by atoms with Gasteiger partial charge in [-0.25, -0.2) is 0 Å². The minimum Gasteiger partial charge on any atom is -0.507 e. The minimum atomic E-state index is -4.35. The molecule has 0 amide bonds. The molecular weight excluding hydrogens is 201 g/mol. The molecule has 0 heterocycles. The summed E-state index contributed by atoms with van der Waals surface area (Å²) in [5.74, 6) is -0.331. The number of alkyl halides is 3. The van der Waals surface area contributed by atoms with Crippen LogP contribution in [0.1, 0.15) is 5.56 Å². The van der Waals surface area contributed by atoms with E-state index in [2.05, 4.69) is 0 Å². The summed E-state index contributed by atoms with van der Waals surface area (Å²) in [5.41, 5.74) is -3.63. The van der Waals surface area contributed by atoms with Gasteiger partial charge in [-0.05, 0) is 36.4 Å². The summed E-state index contributed by atoms with van der Waals surface area (Å²) in [5, 5.41) is 9.13. The lowest BCUT2D eigenvalue weighted by Crippen LogP contribution is -1.99. The molecule has 1 rings (SSSR count). The third-order valence-electron chi connectivity index (χ3n) is 1.34. The molecule has 0 spiro atoms. The van der Waals surface area contributed by atoms with Crippen molar-refractivity contribution in [3.8, 4) is 5.75 Å². The van der Waals surface area contributed by atoms with E-state index < -0.39 is 5.51 Å². The largest absolute Gasteiger partial charge is 0.507 e. The van der Waals surface area contributed by atoms with Crippen LogP contribution in [-0.2, 0) is 0 Å². The van der Waals surface area contributed by atoms with E-state index in [1.807, 2.05) is 0 Å². The summed E-state index contributed by atoms with van der Waals surface area (Å²) >= 11 is -0.314. The summed E-state index contributed by atoms with van der Waals surface area (Å²) in [6.07, 6.45) is 0. The lowest BCUT2D eigenvalue weighted by molar-refractivity contribution is -0.0329. The van der Waals surface area contributed by atoms with Crippen LogP contribution in [0.15, 0.2) is 23.1 Å². The highest BCUT2D eigenvalue weighted by Crippen LogP contribution is 2.40. The van der Waals surface area contributed by atoms with Crippen LogP contribution in [0.25, 0.3) is 0 Å². The Hall–Kier alpha value is -0.840. The van der Waals surface area contributed by atoms with Crippen molar-refractivity contribution in [3.63, 3.8) is 0 Å². The molecule has 0 unspecified atom stereocenters. The third-order valence-corrected chi connectivity index (χ3v) is 2.14. The molecule has 0 aliphatic carbocycles. The van der Waals surface area contributed by atoms with Gasteiger partial charge in [0, 0.05) is 0 Å². The fourth-order valence-electron chi connectivity index (χ4n) is 0.838. The Morgan fingerprint density at radius 3 is 2.38 bits per heavy atom. The molecule has 72 valence electrons. The third kappa shape index (κ3) is 3.18. The lowest BCUT2D eigenvalue weighted by Gasteiger charge is -2.07. The summed E-state index contributed by atoms with van der Waals surface area (Å²) < 4.78 is 35.6. The molecule has 1 nitrogen and oxygen atoms in total. The van der Waals surface area contributed by atoms with E-state index in [0.717, 1.165) is 5.56 Å². The Labute approximate surface area is 77.6 Å². The van der Waals surface area contributed by atoms with Gasteiger partial charge in [-0.15, -0.1) is 0 Å². The van der Waals surface area contributed by atoms with Gasteiger partial charge in [-0.2, -0.15) is 13.2 Å². The monoisotopic (exact) mass is 208 g/mol. The number of hydrogen-bond acceptors (Lipinski definition) is 2. The van der Waals surface area contributed by atoms with Crippen molar-refractivity contribution in [3.05, 3.63) is 23.8 Å². The van der Waals surface area contributed by atoms with Crippen molar-refractivity contribution in [2.24, 2.45) is 0 Å². The minimum absolute atomic E-state index is 0.168. The Morgan fingerprint density at radius 2 is 1.92 bits per heavy atom. The average Bonchev–Trinajstić information content (AvgIpc) is 1.93. The number of phenols is 1. The van der Waals surface area contributed by atoms with Gasteiger partial charge in [0.05, 0.1) is 4.90 Å². The topological polar surface area (TPSA) is 20.2 Å². The molecule has 0 saturated carbocycles. The maximum Gasteiger partial charge on any atom is 0.446 e. The Bertz CT molecular complexity index is 309. The molecule has 1 N–H and O–H groups in total. The first kappa shape index (κ1) is 10.2. The first-order valence-electron chi connectivity index (χ1n) is 3.44. The highest BCUT2D eigenvalue weighted by molar-refractivity contribution is 8.00. The predicted octanol–water partition coefficient (Wildman–Crippen LogP) is 3.31. The van der Waals surface area contributed by atoms with Crippen LogP contribution in [-0.4, -0.2) is 10.6 Å². The highest BCUT2D eigenvalue weighted by atomic mass is 32.2. The van der Waals surface area contributed by atoms with Crippen molar-refractivity contribution >= 4 is 11.8 Å². The maximum absolute atomic E-state index is 11.9. The van der Waals surface area contributed by atoms with Crippen LogP contribution >= 0.6 is 11.8 Å². The van der Waals surface area contributed by atoms with E-state index in [1.54, 1.807) is 6.92 Å². The molecule has 0 saturated heterocycles. The molecule has 1 aromatic rings.